The number of aromatic nitrogens is 1. The molecule has 1 aromatic carbocycles. The molecule has 0 saturated carbocycles. The van der Waals surface area contributed by atoms with Gasteiger partial charge in [-0.15, -0.1) is 0 Å². The molecule has 0 aliphatic carbocycles. The first-order valence-corrected chi connectivity index (χ1v) is 6.77. The fourth-order valence-electron chi connectivity index (χ4n) is 1.83. The van der Waals surface area contributed by atoms with Gasteiger partial charge in [0.15, 0.2) is 0 Å². The molecule has 1 N–H and O–H groups in total. The third-order valence-corrected chi connectivity index (χ3v) is 3.43. The first-order valence-electron chi connectivity index (χ1n) is 6.02. The Bertz CT molecular complexity index is 627. The van der Waals surface area contributed by atoms with Gasteiger partial charge < -0.3 is 5.32 Å². The Balaban J connectivity index is 2.14. The second-order valence-electron chi connectivity index (χ2n) is 4.46. The van der Waals surface area contributed by atoms with Crippen LogP contribution in [0.3, 0.4) is 0 Å². The Morgan fingerprint density at radius 1 is 1.14 bits per heavy atom. The standard InChI is InChI=1S/C14H11Cl2F3N2/c1-8(11-4-2-9(15)6-12(11)16)21-10-3-5-13(20-7-10)14(17,18)19/h2-8,21H,1H3. The Labute approximate surface area is 129 Å². The lowest BCUT2D eigenvalue weighted by atomic mass is 10.1. The maximum absolute atomic E-state index is 12.4. The highest BCUT2D eigenvalue weighted by Gasteiger charge is 2.32. The van der Waals surface area contributed by atoms with Crippen molar-refractivity contribution in [2.24, 2.45) is 0 Å². The summed E-state index contributed by atoms with van der Waals surface area (Å²) in [5.74, 6) is 0. The number of benzene rings is 1. The Morgan fingerprint density at radius 3 is 2.38 bits per heavy atom. The monoisotopic (exact) mass is 334 g/mol. The summed E-state index contributed by atoms with van der Waals surface area (Å²) in [7, 11) is 0. The van der Waals surface area contributed by atoms with Crippen LogP contribution in [-0.4, -0.2) is 4.98 Å². The molecule has 2 rings (SSSR count). The first-order chi connectivity index (χ1) is 9.77. The summed E-state index contributed by atoms with van der Waals surface area (Å²) in [6, 6.07) is 7.13. The number of pyridine rings is 1. The van der Waals surface area contributed by atoms with Crippen LogP contribution in [0, 0.1) is 0 Å². The Morgan fingerprint density at radius 2 is 1.86 bits per heavy atom. The predicted molar refractivity (Wildman–Crippen MR) is 77.7 cm³/mol. The average Bonchev–Trinajstić information content (AvgIpc) is 2.38. The van der Waals surface area contributed by atoms with E-state index in [9.17, 15) is 13.2 Å². The third-order valence-electron chi connectivity index (χ3n) is 2.87. The van der Waals surface area contributed by atoms with Gasteiger partial charge in [-0.2, -0.15) is 13.2 Å². The third kappa shape index (κ3) is 4.02. The molecule has 0 bridgehead atoms. The van der Waals surface area contributed by atoms with Gasteiger partial charge in [0.1, 0.15) is 5.69 Å². The van der Waals surface area contributed by atoms with Crippen LogP contribution in [0.2, 0.25) is 10.0 Å². The van der Waals surface area contributed by atoms with Crippen molar-refractivity contribution in [2.75, 3.05) is 5.32 Å². The molecule has 0 aliphatic heterocycles. The minimum atomic E-state index is -4.44. The molecule has 0 radical (unpaired) electrons. The molecule has 2 aromatic rings. The lowest BCUT2D eigenvalue weighted by molar-refractivity contribution is -0.141. The molecular formula is C14H11Cl2F3N2. The molecule has 1 unspecified atom stereocenters. The van der Waals surface area contributed by atoms with Crippen LogP contribution in [0.1, 0.15) is 24.2 Å². The minimum absolute atomic E-state index is 0.201. The van der Waals surface area contributed by atoms with Gasteiger partial charge in [0, 0.05) is 10.0 Å². The largest absolute Gasteiger partial charge is 0.433 e. The zero-order chi connectivity index (χ0) is 15.6. The van der Waals surface area contributed by atoms with Crippen LogP contribution in [0.15, 0.2) is 36.5 Å². The quantitative estimate of drug-likeness (QED) is 0.792. The Hall–Kier alpha value is -1.46. The second kappa shape index (κ2) is 6.12. The SMILES string of the molecule is CC(Nc1ccc(C(F)(F)F)nc1)c1ccc(Cl)cc1Cl. The number of hydrogen-bond donors (Lipinski definition) is 1. The number of hydrogen-bond acceptors (Lipinski definition) is 2. The zero-order valence-corrected chi connectivity index (χ0v) is 12.4. The summed E-state index contributed by atoms with van der Waals surface area (Å²) in [5.41, 5.74) is 0.340. The highest BCUT2D eigenvalue weighted by atomic mass is 35.5. The molecule has 0 fully saturated rings. The van der Waals surface area contributed by atoms with Crippen LogP contribution >= 0.6 is 23.2 Å². The number of alkyl halides is 3. The fourth-order valence-corrected chi connectivity index (χ4v) is 2.40. The highest BCUT2D eigenvalue weighted by Crippen LogP contribution is 2.30. The normalized spacial score (nSPS) is 13.0. The minimum Gasteiger partial charge on any atom is -0.377 e. The van der Waals surface area contributed by atoms with Gasteiger partial charge in [0.05, 0.1) is 17.9 Å². The summed E-state index contributed by atoms with van der Waals surface area (Å²) in [4.78, 5) is 3.39. The average molecular weight is 335 g/mol. The molecule has 0 saturated heterocycles. The maximum Gasteiger partial charge on any atom is 0.433 e. The zero-order valence-electron chi connectivity index (χ0n) is 10.9. The van der Waals surface area contributed by atoms with E-state index >= 15 is 0 Å². The smallest absolute Gasteiger partial charge is 0.377 e. The van der Waals surface area contributed by atoms with Gasteiger partial charge in [-0.25, -0.2) is 4.98 Å². The van der Waals surface area contributed by atoms with E-state index in [4.69, 9.17) is 23.2 Å². The molecule has 1 atom stereocenters. The van der Waals surface area contributed by atoms with Crippen LogP contribution in [0.4, 0.5) is 18.9 Å². The Kier molecular flexibility index (Phi) is 4.64. The van der Waals surface area contributed by atoms with Crippen molar-refractivity contribution >= 4 is 28.9 Å². The molecule has 2 nitrogen and oxygen atoms in total. The van der Waals surface area contributed by atoms with E-state index in [0.717, 1.165) is 17.8 Å². The van der Waals surface area contributed by atoms with E-state index in [1.807, 2.05) is 6.92 Å². The number of rotatable bonds is 3. The lowest BCUT2D eigenvalue weighted by Crippen LogP contribution is -2.10. The predicted octanol–water partition coefficient (Wildman–Crippen LogP) is 5.58. The number of nitrogens with zero attached hydrogens (tertiary/aromatic N) is 1. The second-order valence-corrected chi connectivity index (χ2v) is 5.31. The van der Waals surface area contributed by atoms with Crippen LogP contribution in [0.5, 0.6) is 0 Å². The summed E-state index contributed by atoms with van der Waals surface area (Å²) in [5, 5.41) is 4.05. The summed E-state index contributed by atoms with van der Waals surface area (Å²) < 4.78 is 37.3. The van der Waals surface area contributed by atoms with Gasteiger partial charge in [0.25, 0.3) is 0 Å². The van der Waals surface area contributed by atoms with Gasteiger partial charge in [-0.1, -0.05) is 29.3 Å². The molecule has 0 amide bonds. The van der Waals surface area contributed by atoms with Crippen molar-refractivity contribution < 1.29 is 13.2 Å². The molecule has 1 heterocycles. The topological polar surface area (TPSA) is 24.9 Å². The molecule has 0 spiro atoms. The van der Waals surface area contributed by atoms with Crippen LogP contribution in [-0.2, 0) is 6.18 Å². The first kappa shape index (κ1) is 15.9. The van der Waals surface area contributed by atoms with Crippen molar-refractivity contribution in [3.8, 4) is 0 Å². The van der Waals surface area contributed by atoms with E-state index in [0.29, 0.717) is 15.7 Å². The van der Waals surface area contributed by atoms with Crippen molar-refractivity contribution in [2.45, 2.75) is 19.1 Å². The van der Waals surface area contributed by atoms with E-state index < -0.39 is 11.9 Å². The van der Waals surface area contributed by atoms with Crippen molar-refractivity contribution in [1.29, 1.82) is 0 Å². The van der Waals surface area contributed by atoms with E-state index in [-0.39, 0.29) is 6.04 Å². The lowest BCUT2D eigenvalue weighted by Gasteiger charge is -2.17. The summed E-state index contributed by atoms with van der Waals surface area (Å²) >= 11 is 11.9. The molecule has 1 aromatic heterocycles. The summed E-state index contributed by atoms with van der Waals surface area (Å²) in [6.07, 6.45) is -3.30. The summed E-state index contributed by atoms with van der Waals surface area (Å²) in [6.45, 7) is 1.84. The maximum atomic E-state index is 12.4. The fraction of sp³-hybridized carbons (Fsp3) is 0.214. The van der Waals surface area contributed by atoms with Crippen LogP contribution < -0.4 is 5.32 Å². The molecule has 0 aliphatic rings. The van der Waals surface area contributed by atoms with Gasteiger partial charge in [-0.05, 0) is 36.8 Å². The van der Waals surface area contributed by atoms with E-state index in [1.54, 1.807) is 18.2 Å². The molecular weight excluding hydrogens is 324 g/mol. The molecule has 7 heteroatoms. The van der Waals surface area contributed by atoms with E-state index in [2.05, 4.69) is 10.3 Å². The number of halogens is 5. The van der Waals surface area contributed by atoms with Crippen LogP contribution in [0.25, 0.3) is 0 Å². The van der Waals surface area contributed by atoms with Crippen molar-refractivity contribution in [3.05, 3.63) is 57.8 Å². The van der Waals surface area contributed by atoms with Gasteiger partial charge in [0.2, 0.25) is 0 Å². The molecule has 112 valence electrons. The number of nitrogens with one attached hydrogen (secondary N) is 1. The highest BCUT2D eigenvalue weighted by molar-refractivity contribution is 6.35. The van der Waals surface area contributed by atoms with Crippen molar-refractivity contribution in [1.82, 2.24) is 4.98 Å². The van der Waals surface area contributed by atoms with Crippen molar-refractivity contribution in [3.63, 3.8) is 0 Å². The van der Waals surface area contributed by atoms with Gasteiger partial charge in [-0.3, -0.25) is 0 Å². The number of anilines is 1. The van der Waals surface area contributed by atoms with Gasteiger partial charge >= 0.3 is 6.18 Å². The molecule has 21 heavy (non-hydrogen) atoms. The van der Waals surface area contributed by atoms with E-state index in [1.165, 1.54) is 6.07 Å².